The molecular weight excluding hydrogens is 256 g/mol. The van der Waals surface area contributed by atoms with Crippen LogP contribution in [0.3, 0.4) is 0 Å². The van der Waals surface area contributed by atoms with Crippen LogP contribution in [0.15, 0.2) is 24.4 Å². The quantitative estimate of drug-likeness (QED) is 0.809. The third kappa shape index (κ3) is 4.50. The average Bonchev–Trinajstić information content (AvgIpc) is 2.44. The molecule has 0 saturated carbocycles. The van der Waals surface area contributed by atoms with Gasteiger partial charge in [0.2, 0.25) is 0 Å². The third-order valence-corrected chi connectivity index (χ3v) is 3.08. The van der Waals surface area contributed by atoms with Gasteiger partial charge in [-0.15, -0.1) is 0 Å². The van der Waals surface area contributed by atoms with Crippen LogP contribution in [0.4, 0.5) is 0 Å². The summed E-state index contributed by atoms with van der Waals surface area (Å²) in [5.74, 6) is -0.846. The lowest BCUT2D eigenvalue weighted by molar-refractivity contribution is -0.131. The smallest absolute Gasteiger partial charge is 0.328 e. The molecule has 0 aromatic carbocycles. The fourth-order valence-electron chi connectivity index (χ4n) is 1.75. The second-order valence-electron chi connectivity index (χ2n) is 4.81. The number of pyridine rings is 1. The Labute approximate surface area is 118 Å². The maximum absolute atomic E-state index is 12.3. The van der Waals surface area contributed by atoms with Gasteiger partial charge in [0.15, 0.2) is 0 Å². The maximum atomic E-state index is 12.3. The first-order chi connectivity index (χ1) is 9.45. The Morgan fingerprint density at radius 3 is 2.80 bits per heavy atom. The van der Waals surface area contributed by atoms with E-state index in [4.69, 9.17) is 5.11 Å². The molecular formula is C15H20N2O3. The first kappa shape index (κ1) is 15.9. The van der Waals surface area contributed by atoms with Gasteiger partial charge in [-0.05, 0) is 18.1 Å². The van der Waals surface area contributed by atoms with E-state index in [0.29, 0.717) is 18.0 Å². The molecule has 0 spiro atoms. The minimum atomic E-state index is -1.06. The van der Waals surface area contributed by atoms with Gasteiger partial charge in [-0.25, -0.2) is 4.79 Å². The Kier molecular flexibility index (Phi) is 5.90. The number of carbonyl (C=O) groups is 2. The van der Waals surface area contributed by atoms with Crippen molar-refractivity contribution in [3.8, 4) is 0 Å². The van der Waals surface area contributed by atoms with E-state index in [9.17, 15) is 9.59 Å². The van der Waals surface area contributed by atoms with Gasteiger partial charge in [-0.1, -0.05) is 26.3 Å². The fourth-order valence-corrected chi connectivity index (χ4v) is 1.75. The molecule has 1 N–H and O–H groups in total. The van der Waals surface area contributed by atoms with Crippen molar-refractivity contribution in [2.75, 3.05) is 13.6 Å². The number of hydrogen-bond acceptors (Lipinski definition) is 3. The average molecular weight is 276 g/mol. The zero-order valence-electron chi connectivity index (χ0n) is 12.0. The van der Waals surface area contributed by atoms with E-state index in [-0.39, 0.29) is 11.6 Å². The molecule has 1 amide bonds. The van der Waals surface area contributed by atoms with E-state index in [1.165, 1.54) is 12.3 Å². The van der Waals surface area contributed by atoms with Crippen molar-refractivity contribution in [3.05, 3.63) is 35.7 Å². The number of hydrogen-bond donors (Lipinski definition) is 1. The molecule has 0 saturated heterocycles. The van der Waals surface area contributed by atoms with Crippen LogP contribution in [-0.2, 0) is 4.79 Å². The number of rotatable bonds is 6. The van der Waals surface area contributed by atoms with E-state index in [2.05, 4.69) is 18.8 Å². The number of carboxylic acids is 1. The Morgan fingerprint density at radius 1 is 1.50 bits per heavy atom. The molecule has 1 heterocycles. The highest BCUT2D eigenvalue weighted by molar-refractivity contribution is 5.97. The van der Waals surface area contributed by atoms with E-state index >= 15 is 0 Å². The van der Waals surface area contributed by atoms with Crippen LogP contribution in [0.2, 0.25) is 0 Å². The first-order valence-electron chi connectivity index (χ1n) is 6.57. The Morgan fingerprint density at radius 2 is 2.20 bits per heavy atom. The van der Waals surface area contributed by atoms with E-state index in [0.717, 1.165) is 12.5 Å². The zero-order chi connectivity index (χ0) is 15.1. The lowest BCUT2D eigenvalue weighted by atomic mass is 10.1. The topological polar surface area (TPSA) is 70.5 Å². The summed E-state index contributed by atoms with van der Waals surface area (Å²) in [6.07, 6.45) is 4.91. The molecule has 5 heteroatoms. The van der Waals surface area contributed by atoms with E-state index in [1.54, 1.807) is 24.1 Å². The van der Waals surface area contributed by atoms with Gasteiger partial charge in [0.1, 0.15) is 5.69 Å². The molecule has 1 atom stereocenters. The third-order valence-electron chi connectivity index (χ3n) is 3.08. The highest BCUT2D eigenvalue weighted by Crippen LogP contribution is 2.12. The summed E-state index contributed by atoms with van der Waals surface area (Å²) in [7, 11) is 1.73. The molecule has 1 unspecified atom stereocenters. The summed E-state index contributed by atoms with van der Waals surface area (Å²) in [6.45, 7) is 4.80. The van der Waals surface area contributed by atoms with Crippen LogP contribution in [0, 0.1) is 5.92 Å². The van der Waals surface area contributed by atoms with Gasteiger partial charge in [0.05, 0.1) is 0 Å². The zero-order valence-corrected chi connectivity index (χ0v) is 12.0. The second-order valence-corrected chi connectivity index (χ2v) is 4.81. The summed E-state index contributed by atoms with van der Waals surface area (Å²) < 4.78 is 0. The first-order valence-corrected chi connectivity index (χ1v) is 6.57. The van der Waals surface area contributed by atoms with Gasteiger partial charge in [0.25, 0.3) is 5.91 Å². The SMILES string of the molecule is CCC(C)CN(C)C(=O)c1ncccc1/C=C/C(=O)O. The van der Waals surface area contributed by atoms with E-state index in [1.807, 2.05) is 0 Å². The minimum Gasteiger partial charge on any atom is -0.478 e. The molecule has 5 nitrogen and oxygen atoms in total. The molecule has 0 fully saturated rings. The number of carbonyl (C=O) groups excluding carboxylic acids is 1. The summed E-state index contributed by atoms with van der Waals surface area (Å²) in [5.41, 5.74) is 0.784. The van der Waals surface area contributed by atoms with Gasteiger partial charge in [-0.2, -0.15) is 0 Å². The monoisotopic (exact) mass is 276 g/mol. The van der Waals surface area contributed by atoms with Crippen LogP contribution in [0.5, 0.6) is 0 Å². The Balaban J connectivity index is 2.95. The number of aromatic nitrogens is 1. The van der Waals surface area contributed by atoms with Gasteiger partial charge in [-0.3, -0.25) is 9.78 Å². The maximum Gasteiger partial charge on any atom is 0.328 e. The van der Waals surface area contributed by atoms with Crippen molar-refractivity contribution in [3.63, 3.8) is 0 Å². The van der Waals surface area contributed by atoms with Crippen molar-refractivity contribution in [2.24, 2.45) is 5.92 Å². The highest BCUT2D eigenvalue weighted by Gasteiger charge is 2.17. The highest BCUT2D eigenvalue weighted by atomic mass is 16.4. The van der Waals surface area contributed by atoms with Crippen LogP contribution in [0.25, 0.3) is 6.08 Å². The molecule has 0 aliphatic rings. The number of carboxylic acid groups (broad SMARTS) is 1. The largest absolute Gasteiger partial charge is 0.478 e. The van der Waals surface area contributed by atoms with E-state index < -0.39 is 5.97 Å². The molecule has 1 aromatic rings. The van der Waals surface area contributed by atoms with Crippen molar-refractivity contribution in [1.29, 1.82) is 0 Å². The molecule has 1 rings (SSSR count). The number of aliphatic carboxylic acids is 1. The van der Waals surface area contributed by atoms with Crippen LogP contribution in [-0.4, -0.2) is 40.5 Å². The summed E-state index contributed by atoms with van der Waals surface area (Å²) in [5, 5.41) is 8.66. The van der Waals surface area contributed by atoms with Crippen LogP contribution < -0.4 is 0 Å². The molecule has 20 heavy (non-hydrogen) atoms. The lowest BCUT2D eigenvalue weighted by Gasteiger charge is -2.21. The fraction of sp³-hybridized carbons (Fsp3) is 0.400. The molecule has 0 aliphatic carbocycles. The minimum absolute atomic E-state index is 0.198. The predicted molar refractivity (Wildman–Crippen MR) is 77.3 cm³/mol. The van der Waals surface area contributed by atoms with Gasteiger partial charge in [0, 0.05) is 31.4 Å². The van der Waals surface area contributed by atoms with Crippen molar-refractivity contribution in [2.45, 2.75) is 20.3 Å². The summed E-state index contributed by atoms with van der Waals surface area (Å²) in [4.78, 5) is 28.6. The summed E-state index contributed by atoms with van der Waals surface area (Å²) in [6, 6.07) is 3.35. The standard InChI is InChI=1S/C15H20N2O3/c1-4-11(2)10-17(3)15(20)14-12(6-5-9-16-14)7-8-13(18)19/h5-9,11H,4,10H2,1-3H3,(H,18,19)/b8-7+. The van der Waals surface area contributed by atoms with Crippen LogP contribution >= 0.6 is 0 Å². The summed E-state index contributed by atoms with van der Waals surface area (Å²) >= 11 is 0. The molecule has 1 aromatic heterocycles. The van der Waals surface area contributed by atoms with Crippen molar-refractivity contribution < 1.29 is 14.7 Å². The van der Waals surface area contributed by atoms with Crippen molar-refractivity contribution in [1.82, 2.24) is 9.88 Å². The van der Waals surface area contributed by atoms with Crippen molar-refractivity contribution >= 4 is 18.0 Å². The van der Waals surface area contributed by atoms with Gasteiger partial charge < -0.3 is 10.0 Å². The second kappa shape index (κ2) is 7.43. The normalized spacial score (nSPS) is 12.3. The lowest BCUT2D eigenvalue weighted by Crippen LogP contribution is -2.32. The predicted octanol–water partition coefficient (Wildman–Crippen LogP) is 2.30. The molecule has 0 bridgehead atoms. The van der Waals surface area contributed by atoms with Gasteiger partial charge >= 0.3 is 5.97 Å². The molecule has 0 radical (unpaired) electrons. The Hall–Kier alpha value is -2.17. The molecule has 0 aliphatic heterocycles. The molecule has 108 valence electrons. The number of amides is 1. The Bertz CT molecular complexity index is 512. The van der Waals surface area contributed by atoms with Crippen LogP contribution in [0.1, 0.15) is 36.3 Å². The number of nitrogens with zero attached hydrogens (tertiary/aromatic N) is 2.